The van der Waals surface area contributed by atoms with Gasteiger partial charge in [-0.1, -0.05) is 6.92 Å². The molecule has 1 spiro atoms. The molecule has 2 aliphatic rings. The Bertz CT molecular complexity index is 176. The molecule has 0 bridgehead atoms. The molecule has 0 aromatic heterocycles. The molecule has 3 nitrogen and oxygen atoms in total. The van der Waals surface area contributed by atoms with Crippen molar-refractivity contribution in [2.24, 2.45) is 0 Å². The van der Waals surface area contributed by atoms with Crippen molar-refractivity contribution in [3.05, 3.63) is 0 Å². The van der Waals surface area contributed by atoms with Crippen molar-refractivity contribution in [1.82, 2.24) is 5.32 Å². The molecule has 2 unspecified atom stereocenters. The Hall–Kier alpha value is -0.120. The molecule has 2 aliphatic heterocycles. The lowest BCUT2D eigenvalue weighted by molar-refractivity contribution is -0.125. The van der Waals surface area contributed by atoms with Gasteiger partial charge in [-0.2, -0.15) is 0 Å². The topological polar surface area (TPSA) is 30.5 Å². The number of morpholine rings is 1. The van der Waals surface area contributed by atoms with Crippen molar-refractivity contribution in [2.75, 3.05) is 26.3 Å². The molecule has 0 amide bonds. The molecule has 2 fully saturated rings. The highest BCUT2D eigenvalue weighted by Crippen LogP contribution is 2.29. The van der Waals surface area contributed by atoms with E-state index in [2.05, 4.69) is 12.2 Å². The van der Waals surface area contributed by atoms with Crippen molar-refractivity contribution in [3.63, 3.8) is 0 Å². The van der Waals surface area contributed by atoms with Crippen molar-refractivity contribution in [2.45, 2.75) is 44.3 Å². The number of nitrogens with one attached hydrogen (secondary N) is 1. The van der Waals surface area contributed by atoms with Crippen molar-refractivity contribution in [1.29, 1.82) is 0 Å². The Morgan fingerprint density at radius 1 is 1.36 bits per heavy atom. The second-order valence-corrected chi connectivity index (χ2v) is 4.43. The second kappa shape index (κ2) is 4.60. The van der Waals surface area contributed by atoms with Gasteiger partial charge in [-0.3, -0.25) is 0 Å². The first-order valence-corrected chi connectivity index (χ1v) is 5.81. The SMILES string of the molecule is CCC1CNCC2(CCCOCC2)O1. The van der Waals surface area contributed by atoms with Gasteiger partial charge in [0.15, 0.2) is 0 Å². The fraction of sp³-hybridized carbons (Fsp3) is 1.00. The third kappa shape index (κ3) is 2.27. The van der Waals surface area contributed by atoms with Crippen molar-refractivity contribution in [3.8, 4) is 0 Å². The summed E-state index contributed by atoms with van der Waals surface area (Å²) in [5, 5.41) is 3.49. The summed E-state index contributed by atoms with van der Waals surface area (Å²) >= 11 is 0. The summed E-state index contributed by atoms with van der Waals surface area (Å²) in [7, 11) is 0. The molecule has 14 heavy (non-hydrogen) atoms. The van der Waals surface area contributed by atoms with Gasteiger partial charge in [-0.25, -0.2) is 0 Å². The lowest BCUT2D eigenvalue weighted by Crippen LogP contribution is -2.53. The number of ether oxygens (including phenoxy) is 2. The molecular formula is C11H21NO2. The summed E-state index contributed by atoms with van der Waals surface area (Å²) < 4.78 is 11.7. The van der Waals surface area contributed by atoms with E-state index in [9.17, 15) is 0 Å². The Morgan fingerprint density at radius 2 is 2.29 bits per heavy atom. The maximum absolute atomic E-state index is 6.20. The van der Waals surface area contributed by atoms with Crippen molar-refractivity contribution < 1.29 is 9.47 Å². The molecular weight excluding hydrogens is 178 g/mol. The fourth-order valence-corrected chi connectivity index (χ4v) is 2.40. The molecule has 0 aromatic rings. The van der Waals surface area contributed by atoms with E-state index in [0.29, 0.717) is 6.10 Å². The van der Waals surface area contributed by atoms with Crippen LogP contribution < -0.4 is 5.32 Å². The average molecular weight is 199 g/mol. The number of rotatable bonds is 1. The molecule has 82 valence electrons. The molecule has 1 N–H and O–H groups in total. The minimum atomic E-state index is 0.0788. The van der Waals surface area contributed by atoms with E-state index in [1.807, 2.05) is 0 Å². The fourth-order valence-electron chi connectivity index (χ4n) is 2.40. The highest BCUT2D eigenvalue weighted by molar-refractivity contribution is 4.90. The van der Waals surface area contributed by atoms with Crippen LogP contribution in [0.2, 0.25) is 0 Å². The van der Waals surface area contributed by atoms with E-state index in [1.54, 1.807) is 0 Å². The van der Waals surface area contributed by atoms with E-state index in [4.69, 9.17) is 9.47 Å². The summed E-state index contributed by atoms with van der Waals surface area (Å²) in [6.45, 7) is 5.98. The van der Waals surface area contributed by atoms with Crippen LogP contribution in [0.15, 0.2) is 0 Å². The van der Waals surface area contributed by atoms with Gasteiger partial charge in [0.25, 0.3) is 0 Å². The second-order valence-electron chi connectivity index (χ2n) is 4.43. The number of hydrogen-bond acceptors (Lipinski definition) is 3. The van der Waals surface area contributed by atoms with Gasteiger partial charge in [0, 0.05) is 32.7 Å². The molecule has 0 aliphatic carbocycles. The molecule has 2 rings (SSSR count). The summed E-state index contributed by atoms with van der Waals surface area (Å²) in [5.74, 6) is 0. The van der Waals surface area contributed by atoms with E-state index < -0.39 is 0 Å². The zero-order valence-electron chi connectivity index (χ0n) is 9.05. The molecule has 0 radical (unpaired) electrons. The molecule has 2 heterocycles. The Kier molecular flexibility index (Phi) is 3.42. The standard InChI is InChI=1S/C11H21NO2/c1-2-10-8-12-9-11(14-10)4-3-6-13-7-5-11/h10,12H,2-9H2,1H3. The van der Waals surface area contributed by atoms with Crippen LogP contribution in [0.4, 0.5) is 0 Å². The van der Waals surface area contributed by atoms with E-state index in [-0.39, 0.29) is 5.60 Å². The van der Waals surface area contributed by atoms with Crippen LogP contribution in [0.1, 0.15) is 32.6 Å². The summed E-state index contributed by atoms with van der Waals surface area (Å²) in [4.78, 5) is 0. The van der Waals surface area contributed by atoms with Gasteiger partial charge in [-0.05, 0) is 19.3 Å². The highest BCUT2D eigenvalue weighted by atomic mass is 16.5. The smallest absolute Gasteiger partial charge is 0.0833 e. The predicted molar refractivity (Wildman–Crippen MR) is 55.4 cm³/mol. The van der Waals surface area contributed by atoms with Gasteiger partial charge in [-0.15, -0.1) is 0 Å². The predicted octanol–water partition coefficient (Wildman–Crippen LogP) is 1.32. The minimum absolute atomic E-state index is 0.0788. The summed E-state index contributed by atoms with van der Waals surface area (Å²) in [6.07, 6.45) is 4.85. The molecule has 2 atom stereocenters. The lowest BCUT2D eigenvalue weighted by Gasteiger charge is -2.41. The van der Waals surface area contributed by atoms with Crippen LogP contribution in [0.5, 0.6) is 0 Å². The van der Waals surface area contributed by atoms with Gasteiger partial charge in [0.2, 0.25) is 0 Å². The van der Waals surface area contributed by atoms with E-state index >= 15 is 0 Å². The monoisotopic (exact) mass is 199 g/mol. The van der Waals surface area contributed by atoms with Crippen LogP contribution in [0, 0.1) is 0 Å². The van der Waals surface area contributed by atoms with Crippen LogP contribution in [0.25, 0.3) is 0 Å². The Labute approximate surface area is 86.2 Å². The number of hydrogen-bond donors (Lipinski definition) is 1. The molecule has 3 heteroatoms. The van der Waals surface area contributed by atoms with Gasteiger partial charge >= 0.3 is 0 Å². The molecule has 0 saturated carbocycles. The lowest BCUT2D eigenvalue weighted by atomic mass is 9.92. The first-order chi connectivity index (χ1) is 6.85. The maximum atomic E-state index is 6.20. The van der Waals surface area contributed by atoms with Crippen LogP contribution >= 0.6 is 0 Å². The Morgan fingerprint density at radius 3 is 3.14 bits per heavy atom. The van der Waals surface area contributed by atoms with E-state index in [1.165, 1.54) is 0 Å². The maximum Gasteiger partial charge on any atom is 0.0833 e. The first-order valence-electron chi connectivity index (χ1n) is 5.81. The van der Waals surface area contributed by atoms with Gasteiger partial charge in [0.1, 0.15) is 0 Å². The molecule has 0 aromatic carbocycles. The average Bonchev–Trinajstić information content (AvgIpc) is 2.44. The van der Waals surface area contributed by atoms with Crippen LogP contribution in [-0.4, -0.2) is 38.0 Å². The summed E-state index contributed by atoms with van der Waals surface area (Å²) in [5.41, 5.74) is 0.0788. The minimum Gasteiger partial charge on any atom is -0.381 e. The quantitative estimate of drug-likeness (QED) is 0.691. The zero-order chi connectivity index (χ0) is 9.86. The normalized spacial score (nSPS) is 39.6. The summed E-state index contributed by atoms with van der Waals surface area (Å²) in [6, 6.07) is 0. The third-order valence-electron chi connectivity index (χ3n) is 3.31. The van der Waals surface area contributed by atoms with Crippen LogP contribution in [-0.2, 0) is 9.47 Å². The largest absolute Gasteiger partial charge is 0.381 e. The van der Waals surface area contributed by atoms with E-state index in [0.717, 1.165) is 52.0 Å². The third-order valence-corrected chi connectivity index (χ3v) is 3.31. The zero-order valence-corrected chi connectivity index (χ0v) is 9.05. The van der Waals surface area contributed by atoms with Crippen LogP contribution in [0.3, 0.4) is 0 Å². The van der Waals surface area contributed by atoms with Gasteiger partial charge < -0.3 is 14.8 Å². The molecule has 2 saturated heterocycles. The first kappa shape index (κ1) is 10.4. The highest BCUT2D eigenvalue weighted by Gasteiger charge is 2.36. The Balaban J connectivity index is 1.97. The van der Waals surface area contributed by atoms with Crippen molar-refractivity contribution >= 4 is 0 Å². The van der Waals surface area contributed by atoms with Gasteiger partial charge in [0.05, 0.1) is 11.7 Å².